The summed E-state index contributed by atoms with van der Waals surface area (Å²) in [4.78, 5) is 33.7. The predicted octanol–water partition coefficient (Wildman–Crippen LogP) is 5.22. The van der Waals surface area contributed by atoms with E-state index < -0.39 is 4.92 Å². The Labute approximate surface area is 209 Å². The lowest BCUT2D eigenvalue weighted by Crippen LogP contribution is -2.45. The maximum Gasteiger partial charge on any atom is 0.273 e. The monoisotopic (exact) mass is 491 g/mol. The lowest BCUT2D eigenvalue weighted by Gasteiger charge is -2.37. The Morgan fingerprint density at radius 2 is 1.94 bits per heavy atom. The van der Waals surface area contributed by atoms with Crippen LogP contribution in [0, 0.1) is 17.0 Å². The molecule has 2 atom stereocenters. The number of rotatable bonds is 8. The molecule has 3 aromatic rings. The van der Waals surface area contributed by atoms with Crippen molar-refractivity contribution < 1.29 is 19.2 Å². The van der Waals surface area contributed by atoms with Crippen LogP contribution in [0.5, 0.6) is 11.6 Å². The number of carbonyl (C=O) groups is 1. The van der Waals surface area contributed by atoms with Crippen molar-refractivity contribution in [3.8, 4) is 11.6 Å². The van der Waals surface area contributed by atoms with Gasteiger partial charge in [0.15, 0.2) is 12.1 Å². The second-order valence-electron chi connectivity index (χ2n) is 8.83. The van der Waals surface area contributed by atoms with Crippen LogP contribution >= 0.6 is 0 Å². The van der Waals surface area contributed by atoms with Crippen molar-refractivity contribution in [2.24, 2.45) is 0 Å². The molecule has 0 radical (unpaired) electrons. The van der Waals surface area contributed by atoms with Gasteiger partial charge in [-0.25, -0.2) is 4.98 Å². The molecule has 2 aromatic carbocycles. The number of nitrogens with zero attached hydrogens (tertiary/aromatic N) is 4. The van der Waals surface area contributed by atoms with Crippen LogP contribution in [0.1, 0.15) is 42.5 Å². The molecule has 36 heavy (non-hydrogen) atoms. The number of nitro benzene ring substituents is 1. The van der Waals surface area contributed by atoms with Gasteiger partial charge in [0.2, 0.25) is 5.88 Å². The fraction of sp³-hybridized carbons (Fsp3) is 0.346. The molecule has 0 amide bonds. The number of aldehydes is 1. The Hall–Kier alpha value is -4.05. The van der Waals surface area contributed by atoms with Gasteiger partial charge in [-0.1, -0.05) is 13.0 Å². The molecule has 1 aliphatic rings. The van der Waals surface area contributed by atoms with E-state index in [-0.39, 0.29) is 41.0 Å². The van der Waals surface area contributed by atoms with Gasteiger partial charge in [-0.15, -0.1) is 0 Å². The van der Waals surface area contributed by atoms with Crippen molar-refractivity contribution in [3.63, 3.8) is 0 Å². The highest BCUT2D eigenvalue weighted by molar-refractivity contribution is 5.82. The lowest BCUT2D eigenvalue weighted by atomic mass is 10.1. The van der Waals surface area contributed by atoms with E-state index in [1.54, 1.807) is 6.07 Å². The number of nitrogens with one attached hydrogen (secondary N) is 1. The minimum Gasteiger partial charge on any atom is -0.437 e. The number of hydrogen-bond acceptors (Lipinski definition) is 9. The van der Waals surface area contributed by atoms with Crippen molar-refractivity contribution in [2.75, 3.05) is 23.3 Å². The highest BCUT2D eigenvalue weighted by Gasteiger charge is 2.23. The first-order chi connectivity index (χ1) is 17.3. The molecule has 0 unspecified atom stereocenters. The summed E-state index contributed by atoms with van der Waals surface area (Å²) in [7, 11) is 0. The molecular formula is C26H29N5O5. The molecule has 1 fully saturated rings. The number of carbonyl (C=O) groups excluding carboxylic acids is 1. The molecule has 188 valence electrons. The summed E-state index contributed by atoms with van der Waals surface area (Å²) in [6.45, 7) is 9.67. The van der Waals surface area contributed by atoms with Gasteiger partial charge in [0.1, 0.15) is 17.1 Å². The Bertz CT molecular complexity index is 1270. The fourth-order valence-electron chi connectivity index (χ4n) is 4.33. The smallest absolute Gasteiger partial charge is 0.273 e. The van der Waals surface area contributed by atoms with Gasteiger partial charge in [-0.2, -0.15) is 4.98 Å². The maximum absolute atomic E-state index is 11.8. The summed E-state index contributed by atoms with van der Waals surface area (Å²) in [6.07, 6.45) is 1.40. The molecule has 0 spiro atoms. The van der Waals surface area contributed by atoms with E-state index in [2.05, 4.69) is 34.0 Å². The number of anilines is 3. The zero-order valence-electron chi connectivity index (χ0n) is 20.7. The first-order valence-corrected chi connectivity index (χ1v) is 11.8. The summed E-state index contributed by atoms with van der Waals surface area (Å²) in [5, 5.41) is 14.3. The standard InChI is InChI=1S/C26H29N5O5/c1-5-22-26(36-21-8-6-7-20(12-21)31(33)34)29-25(23(15-32)28-22)27-19-9-10-24(16(2)11-19)30-13-17(3)35-18(4)14-30/h6-12,15,17-18H,5,13-14H2,1-4H3,(H,27,29)/t17-,18+. The minimum atomic E-state index is -0.494. The Kier molecular flexibility index (Phi) is 7.44. The van der Waals surface area contributed by atoms with Crippen molar-refractivity contribution in [3.05, 3.63) is 69.5 Å². The van der Waals surface area contributed by atoms with E-state index >= 15 is 0 Å². The summed E-state index contributed by atoms with van der Waals surface area (Å²) < 4.78 is 11.7. The lowest BCUT2D eigenvalue weighted by molar-refractivity contribution is -0.384. The molecule has 10 heteroatoms. The molecule has 1 aliphatic heterocycles. The van der Waals surface area contributed by atoms with Crippen molar-refractivity contribution in [2.45, 2.75) is 46.3 Å². The van der Waals surface area contributed by atoms with Crippen LogP contribution in [0.2, 0.25) is 0 Å². The maximum atomic E-state index is 11.8. The highest BCUT2D eigenvalue weighted by Crippen LogP contribution is 2.31. The number of benzene rings is 2. The van der Waals surface area contributed by atoms with E-state index in [1.807, 2.05) is 32.0 Å². The average molecular weight is 492 g/mol. The third kappa shape index (κ3) is 5.60. The summed E-state index contributed by atoms with van der Waals surface area (Å²) in [6, 6.07) is 11.8. The molecule has 0 aliphatic carbocycles. The van der Waals surface area contributed by atoms with Gasteiger partial charge >= 0.3 is 0 Å². The molecule has 10 nitrogen and oxygen atoms in total. The molecule has 4 rings (SSSR count). The molecular weight excluding hydrogens is 462 g/mol. The number of ether oxygens (including phenoxy) is 2. The quantitative estimate of drug-likeness (QED) is 0.257. The van der Waals surface area contributed by atoms with Crippen molar-refractivity contribution >= 4 is 29.2 Å². The van der Waals surface area contributed by atoms with Crippen LogP contribution in [-0.2, 0) is 11.2 Å². The SMILES string of the molecule is CCc1nc(C=O)c(Nc2ccc(N3C[C@@H](C)O[C@@H](C)C3)c(C)c2)nc1Oc1cccc([N+](=O)[O-])c1. The van der Waals surface area contributed by atoms with Crippen LogP contribution in [0.3, 0.4) is 0 Å². The molecule has 1 saturated heterocycles. The Morgan fingerprint density at radius 3 is 2.58 bits per heavy atom. The molecule has 1 aromatic heterocycles. The molecule has 0 bridgehead atoms. The molecule has 0 saturated carbocycles. The third-order valence-electron chi connectivity index (χ3n) is 5.87. The summed E-state index contributed by atoms with van der Waals surface area (Å²) in [5.74, 6) is 0.672. The van der Waals surface area contributed by atoms with E-state index in [4.69, 9.17) is 9.47 Å². The molecule has 1 N–H and O–H groups in total. The van der Waals surface area contributed by atoms with Crippen LogP contribution in [0.25, 0.3) is 0 Å². The van der Waals surface area contributed by atoms with E-state index in [0.717, 1.165) is 30.0 Å². The van der Waals surface area contributed by atoms with Gasteiger partial charge < -0.3 is 19.7 Å². The number of aromatic nitrogens is 2. The zero-order chi connectivity index (χ0) is 25.8. The number of hydrogen-bond donors (Lipinski definition) is 1. The minimum absolute atomic E-state index is 0.0963. The van der Waals surface area contributed by atoms with Crippen LogP contribution in [-0.4, -0.2) is 46.5 Å². The highest BCUT2D eigenvalue weighted by atomic mass is 16.6. The zero-order valence-corrected chi connectivity index (χ0v) is 20.7. The second kappa shape index (κ2) is 10.7. The number of aryl methyl sites for hydroxylation is 2. The van der Waals surface area contributed by atoms with Gasteiger partial charge in [-0.3, -0.25) is 14.9 Å². The van der Waals surface area contributed by atoms with Crippen LogP contribution < -0.4 is 15.0 Å². The Balaban J connectivity index is 1.62. The van der Waals surface area contributed by atoms with Crippen molar-refractivity contribution in [1.82, 2.24) is 9.97 Å². The summed E-state index contributed by atoms with van der Waals surface area (Å²) in [5.41, 5.74) is 3.46. The number of non-ortho nitro benzene ring substituents is 1. The number of nitro groups is 1. The predicted molar refractivity (Wildman–Crippen MR) is 137 cm³/mol. The van der Waals surface area contributed by atoms with E-state index in [0.29, 0.717) is 18.4 Å². The van der Waals surface area contributed by atoms with Gasteiger partial charge in [0.05, 0.1) is 23.2 Å². The van der Waals surface area contributed by atoms with E-state index in [9.17, 15) is 14.9 Å². The molecule has 2 heterocycles. The Morgan fingerprint density at radius 1 is 1.19 bits per heavy atom. The normalized spacial score (nSPS) is 17.5. The third-order valence-corrected chi connectivity index (χ3v) is 5.87. The second-order valence-corrected chi connectivity index (χ2v) is 8.83. The largest absolute Gasteiger partial charge is 0.437 e. The van der Waals surface area contributed by atoms with Crippen LogP contribution in [0.15, 0.2) is 42.5 Å². The van der Waals surface area contributed by atoms with Gasteiger partial charge in [0, 0.05) is 30.5 Å². The van der Waals surface area contributed by atoms with Gasteiger partial charge in [-0.05, 0) is 57.0 Å². The van der Waals surface area contributed by atoms with E-state index in [1.165, 1.54) is 18.2 Å². The summed E-state index contributed by atoms with van der Waals surface area (Å²) >= 11 is 0. The fourth-order valence-corrected chi connectivity index (χ4v) is 4.33. The average Bonchev–Trinajstić information content (AvgIpc) is 2.84. The first-order valence-electron chi connectivity index (χ1n) is 11.8. The van der Waals surface area contributed by atoms with Crippen molar-refractivity contribution in [1.29, 1.82) is 0 Å². The topological polar surface area (TPSA) is 120 Å². The van der Waals surface area contributed by atoms with Gasteiger partial charge in [0.25, 0.3) is 5.69 Å². The number of morpholine rings is 1. The van der Waals surface area contributed by atoms with Crippen LogP contribution in [0.4, 0.5) is 22.9 Å². The first kappa shape index (κ1) is 25.1.